The minimum Gasteiger partial charge on any atom is -0.494 e. The largest absolute Gasteiger partial charge is 0.494 e. The zero-order valence-corrected chi connectivity index (χ0v) is 16.5. The molecular weight excluding hydrogens is 368 g/mol. The van der Waals surface area contributed by atoms with Crippen LogP contribution in [0.3, 0.4) is 0 Å². The third-order valence-electron chi connectivity index (χ3n) is 4.28. The molecule has 0 unspecified atom stereocenters. The van der Waals surface area contributed by atoms with E-state index in [1.165, 1.54) is 5.39 Å². The van der Waals surface area contributed by atoms with Crippen LogP contribution < -0.4 is 20.7 Å². The fourth-order valence-corrected chi connectivity index (χ4v) is 2.77. The summed E-state index contributed by atoms with van der Waals surface area (Å²) >= 11 is 0. The number of aliphatic imine (C=N–C) groups is 1. The Kier molecular flexibility index (Phi) is 7.51. The van der Waals surface area contributed by atoms with Crippen molar-refractivity contribution in [1.29, 1.82) is 0 Å². The van der Waals surface area contributed by atoms with Crippen LogP contribution >= 0.6 is 0 Å². The van der Waals surface area contributed by atoms with Gasteiger partial charge in [0.25, 0.3) is 0 Å². The summed E-state index contributed by atoms with van der Waals surface area (Å²) in [5.41, 5.74) is 0. The van der Waals surface area contributed by atoms with Crippen molar-refractivity contribution in [1.82, 2.24) is 16.0 Å². The van der Waals surface area contributed by atoms with Crippen molar-refractivity contribution in [2.45, 2.75) is 13.0 Å². The fraction of sp³-hybridized carbons (Fsp3) is 0.273. The molecule has 3 rings (SSSR count). The lowest BCUT2D eigenvalue weighted by Gasteiger charge is -2.12. The van der Waals surface area contributed by atoms with Gasteiger partial charge in [-0.1, -0.05) is 30.3 Å². The molecule has 0 saturated carbocycles. The van der Waals surface area contributed by atoms with Gasteiger partial charge in [0.15, 0.2) is 5.96 Å². The third-order valence-corrected chi connectivity index (χ3v) is 4.28. The summed E-state index contributed by atoms with van der Waals surface area (Å²) in [7, 11) is 1.67. The van der Waals surface area contributed by atoms with Gasteiger partial charge >= 0.3 is 0 Å². The second-order valence-electron chi connectivity index (χ2n) is 6.42. The number of carbonyl (C=O) groups is 1. The molecule has 0 spiro atoms. The number of hydrogen-bond acceptors (Lipinski definition) is 4. The fourth-order valence-electron chi connectivity index (χ4n) is 2.77. The van der Waals surface area contributed by atoms with Gasteiger partial charge in [-0.2, -0.15) is 0 Å². The lowest BCUT2D eigenvalue weighted by atomic mass is 10.1. The zero-order valence-electron chi connectivity index (χ0n) is 16.5. The van der Waals surface area contributed by atoms with E-state index in [0.29, 0.717) is 31.4 Å². The van der Waals surface area contributed by atoms with Crippen molar-refractivity contribution in [2.75, 3.05) is 26.7 Å². The Hall–Kier alpha value is -3.48. The lowest BCUT2D eigenvalue weighted by Crippen LogP contribution is -2.43. The first-order chi connectivity index (χ1) is 14.2. The molecule has 3 N–H and O–H groups in total. The molecule has 1 heterocycles. The number of amides is 1. The maximum Gasteiger partial charge on any atom is 0.239 e. The first-order valence-corrected chi connectivity index (χ1v) is 9.60. The monoisotopic (exact) mass is 394 g/mol. The molecule has 0 aliphatic rings. The standard InChI is InChI=1S/C22H26N4O3/c1-23-22(26-16-21(27)25-15-20-8-4-12-29-20)24-11-5-13-28-19-10-9-17-6-2-3-7-18(17)14-19/h2-4,6-10,12,14H,5,11,13,15-16H2,1H3,(H,25,27)(H2,23,24,26). The molecule has 0 aliphatic heterocycles. The van der Waals surface area contributed by atoms with Crippen LogP contribution in [0.5, 0.6) is 5.75 Å². The summed E-state index contributed by atoms with van der Waals surface area (Å²) in [6.45, 7) is 1.77. The molecule has 152 valence electrons. The van der Waals surface area contributed by atoms with Crippen molar-refractivity contribution in [3.8, 4) is 5.75 Å². The maximum atomic E-state index is 11.9. The maximum absolute atomic E-state index is 11.9. The van der Waals surface area contributed by atoms with Crippen LogP contribution in [0.1, 0.15) is 12.2 Å². The van der Waals surface area contributed by atoms with Crippen molar-refractivity contribution in [2.24, 2.45) is 4.99 Å². The van der Waals surface area contributed by atoms with E-state index in [0.717, 1.165) is 17.6 Å². The number of rotatable bonds is 9. The van der Waals surface area contributed by atoms with Gasteiger partial charge in [0.05, 0.1) is 26.0 Å². The van der Waals surface area contributed by atoms with Gasteiger partial charge in [-0.05, 0) is 41.5 Å². The molecule has 0 bridgehead atoms. The molecule has 0 aliphatic carbocycles. The number of carbonyl (C=O) groups excluding carboxylic acids is 1. The zero-order chi connectivity index (χ0) is 20.3. The van der Waals surface area contributed by atoms with Gasteiger partial charge in [0.1, 0.15) is 11.5 Å². The van der Waals surface area contributed by atoms with E-state index in [1.807, 2.05) is 30.3 Å². The van der Waals surface area contributed by atoms with E-state index < -0.39 is 0 Å². The van der Waals surface area contributed by atoms with E-state index >= 15 is 0 Å². The molecule has 3 aromatic rings. The summed E-state index contributed by atoms with van der Waals surface area (Å²) in [5.74, 6) is 2.01. The Labute approximate surface area is 170 Å². The van der Waals surface area contributed by atoms with Crippen LogP contribution in [0.15, 0.2) is 70.3 Å². The molecule has 2 aromatic carbocycles. The van der Waals surface area contributed by atoms with Gasteiger partial charge in [0.2, 0.25) is 5.91 Å². The number of furan rings is 1. The van der Waals surface area contributed by atoms with Crippen LogP contribution in [0.25, 0.3) is 10.8 Å². The van der Waals surface area contributed by atoms with Crippen LogP contribution in [0.2, 0.25) is 0 Å². The van der Waals surface area contributed by atoms with Gasteiger partial charge in [-0.25, -0.2) is 0 Å². The van der Waals surface area contributed by atoms with Crippen LogP contribution in [0, 0.1) is 0 Å². The van der Waals surface area contributed by atoms with Crippen molar-refractivity contribution >= 4 is 22.6 Å². The smallest absolute Gasteiger partial charge is 0.239 e. The predicted octanol–water partition coefficient (Wildman–Crippen LogP) is 2.68. The number of fused-ring (bicyclic) bond motifs is 1. The van der Waals surface area contributed by atoms with Crippen molar-refractivity contribution < 1.29 is 13.9 Å². The summed E-state index contributed by atoms with van der Waals surface area (Å²) < 4.78 is 11.0. The Bertz CT molecular complexity index is 938. The number of hydrogen-bond donors (Lipinski definition) is 3. The average Bonchev–Trinajstić information content (AvgIpc) is 3.27. The van der Waals surface area contributed by atoms with E-state index in [9.17, 15) is 4.79 Å². The molecule has 7 nitrogen and oxygen atoms in total. The Morgan fingerprint density at radius 3 is 2.69 bits per heavy atom. The molecule has 1 aromatic heterocycles. The molecule has 7 heteroatoms. The molecular formula is C22H26N4O3. The predicted molar refractivity (Wildman–Crippen MR) is 114 cm³/mol. The summed E-state index contributed by atoms with van der Waals surface area (Å²) in [6, 6.07) is 17.9. The van der Waals surface area contributed by atoms with Gasteiger partial charge < -0.3 is 25.1 Å². The minimum absolute atomic E-state index is 0.133. The topological polar surface area (TPSA) is 87.9 Å². The molecule has 0 atom stereocenters. The van der Waals surface area contributed by atoms with Gasteiger partial charge in [0, 0.05) is 13.6 Å². The van der Waals surface area contributed by atoms with Crippen LogP contribution in [-0.2, 0) is 11.3 Å². The average molecular weight is 394 g/mol. The normalized spacial score (nSPS) is 11.3. The second kappa shape index (κ2) is 10.8. The van der Waals surface area contributed by atoms with E-state index in [2.05, 4.69) is 39.1 Å². The van der Waals surface area contributed by atoms with Crippen LogP contribution in [0.4, 0.5) is 0 Å². The number of nitrogens with zero attached hydrogens (tertiary/aromatic N) is 1. The first kappa shape index (κ1) is 20.3. The van der Waals surface area contributed by atoms with Crippen molar-refractivity contribution in [3.05, 3.63) is 66.6 Å². The lowest BCUT2D eigenvalue weighted by molar-refractivity contribution is -0.120. The number of benzene rings is 2. The summed E-state index contributed by atoms with van der Waals surface area (Å²) in [6.07, 6.45) is 2.38. The summed E-state index contributed by atoms with van der Waals surface area (Å²) in [5, 5.41) is 11.3. The highest BCUT2D eigenvalue weighted by molar-refractivity contribution is 5.86. The minimum atomic E-state index is -0.135. The Balaban J connectivity index is 1.30. The Morgan fingerprint density at radius 2 is 1.90 bits per heavy atom. The van der Waals surface area contributed by atoms with Crippen LogP contribution in [-0.4, -0.2) is 38.6 Å². The molecule has 0 radical (unpaired) electrons. The number of guanidine groups is 1. The molecule has 1 amide bonds. The quantitative estimate of drug-likeness (QED) is 0.295. The second-order valence-corrected chi connectivity index (χ2v) is 6.42. The van der Waals surface area contributed by atoms with Crippen molar-refractivity contribution in [3.63, 3.8) is 0 Å². The molecule has 0 saturated heterocycles. The van der Waals surface area contributed by atoms with Gasteiger partial charge in [-0.15, -0.1) is 0 Å². The first-order valence-electron chi connectivity index (χ1n) is 9.60. The highest BCUT2D eigenvalue weighted by Gasteiger charge is 2.04. The molecule has 29 heavy (non-hydrogen) atoms. The van der Waals surface area contributed by atoms with E-state index in [4.69, 9.17) is 9.15 Å². The van der Waals surface area contributed by atoms with Gasteiger partial charge in [-0.3, -0.25) is 9.79 Å². The summed E-state index contributed by atoms with van der Waals surface area (Å²) in [4.78, 5) is 16.0. The highest BCUT2D eigenvalue weighted by atomic mass is 16.5. The van der Waals surface area contributed by atoms with E-state index in [1.54, 1.807) is 19.4 Å². The SMILES string of the molecule is CN=C(NCCCOc1ccc2ccccc2c1)NCC(=O)NCc1ccco1. The number of ether oxygens (including phenoxy) is 1. The molecule has 0 fully saturated rings. The Morgan fingerprint density at radius 1 is 1.03 bits per heavy atom. The number of nitrogens with one attached hydrogen (secondary N) is 3. The van der Waals surface area contributed by atoms with E-state index in [-0.39, 0.29) is 12.5 Å². The highest BCUT2D eigenvalue weighted by Crippen LogP contribution is 2.20. The third kappa shape index (κ3) is 6.57.